The maximum atomic E-state index is 10.0. The normalized spacial score (nSPS) is 15.4. The fraction of sp³-hybridized carbons (Fsp3) is 0.533. The van der Waals surface area contributed by atoms with Gasteiger partial charge in [0.2, 0.25) is 0 Å². The summed E-state index contributed by atoms with van der Waals surface area (Å²) >= 11 is 0. The second kappa shape index (κ2) is 5.95. The lowest BCUT2D eigenvalue weighted by molar-refractivity contribution is 0.465. The molecule has 0 amide bonds. The van der Waals surface area contributed by atoms with Gasteiger partial charge in [0.05, 0.1) is 6.54 Å². The van der Waals surface area contributed by atoms with E-state index in [0.29, 0.717) is 18.3 Å². The first-order chi connectivity index (χ1) is 9.08. The van der Waals surface area contributed by atoms with Crippen LogP contribution in [0.15, 0.2) is 17.1 Å². The zero-order chi connectivity index (χ0) is 13.8. The average molecular weight is 261 g/mol. The van der Waals surface area contributed by atoms with Crippen LogP contribution in [0.4, 0.5) is 0 Å². The minimum Gasteiger partial charge on any atom is -0.508 e. The summed E-state index contributed by atoms with van der Waals surface area (Å²) < 4.78 is 0. The molecule has 0 radical (unpaired) electrons. The highest BCUT2D eigenvalue weighted by molar-refractivity contribution is 5.78. The molecule has 4 heteroatoms. The number of nitrogens with zero attached hydrogens (tertiary/aromatic N) is 1. The van der Waals surface area contributed by atoms with Crippen molar-refractivity contribution < 1.29 is 5.11 Å². The van der Waals surface area contributed by atoms with E-state index in [0.717, 1.165) is 18.4 Å². The van der Waals surface area contributed by atoms with E-state index < -0.39 is 0 Å². The van der Waals surface area contributed by atoms with Crippen molar-refractivity contribution in [1.29, 1.82) is 0 Å². The Morgan fingerprint density at radius 1 is 1.37 bits per heavy atom. The summed E-state index contributed by atoms with van der Waals surface area (Å²) in [5.41, 5.74) is 9.36. The lowest BCUT2D eigenvalue weighted by Gasteiger charge is -2.19. The summed E-state index contributed by atoms with van der Waals surface area (Å²) in [6.07, 6.45) is 4.56. The maximum absolute atomic E-state index is 10.0. The molecule has 4 nitrogen and oxygen atoms in total. The van der Waals surface area contributed by atoms with E-state index in [4.69, 9.17) is 5.73 Å². The van der Waals surface area contributed by atoms with Crippen LogP contribution in [0, 0.1) is 0 Å². The van der Waals surface area contributed by atoms with Gasteiger partial charge >= 0.3 is 0 Å². The monoisotopic (exact) mass is 261 g/mol. The molecule has 4 N–H and O–H groups in total. The van der Waals surface area contributed by atoms with Crippen molar-refractivity contribution >= 4 is 5.96 Å². The molecule has 0 atom stereocenters. The fourth-order valence-corrected chi connectivity index (χ4v) is 2.57. The van der Waals surface area contributed by atoms with Crippen molar-refractivity contribution in [2.45, 2.75) is 52.1 Å². The van der Waals surface area contributed by atoms with Crippen LogP contribution in [0.3, 0.4) is 0 Å². The lowest BCUT2D eigenvalue weighted by atomic mass is 9.88. The number of aliphatic imine (C=N–C) groups is 1. The van der Waals surface area contributed by atoms with Crippen LogP contribution in [-0.4, -0.2) is 17.1 Å². The Labute approximate surface area is 114 Å². The van der Waals surface area contributed by atoms with Gasteiger partial charge < -0.3 is 16.2 Å². The van der Waals surface area contributed by atoms with Crippen LogP contribution in [0.2, 0.25) is 0 Å². The molecule has 0 unspecified atom stereocenters. The zero-order valence-electron chi connectivity index (χ0n) is 11.7. The van der Waals surface area contributed by atoms with Gasteiger partial charge in [-0.15, -0.1) is 0 Å². The van der Waals surface area contributed by atoms with Gasteiger partial charge in [-0.05, 0) is 56.7 Å². The Balaban J connectivity index is 2.20. The van der Waals surface area contributed by atoms with Crippen molar-refractivity contribution in [3.05, 3.63) is 28.8 Å². The smallest absolute Gasteiger partial charge is 0.189 e. The molecule has 1 aliphatic carbocycles. The molecular weight excluding hydrogens is 238 g/mol. The van der Waals surface area contributed by atoms with Crippen LogP contribution < -0.4 is 11.1 Å². The Morgan fingerprint density at radius 3 is 2.84 bits per heavy atom. The molecule has 0 aromatic heterocycles. The van der Waals surface area contributed by atoms with E-state index in [9.17, 15) is 5.11 Å². The molecular formula is C15H23N3O. The molecule has 1 aliphatic rings. The topological polar surface area (TPSA) is 70.6 Å². The minimum absolute atomic E-state index is 0.266. The highest BCUT2D eigenvalue weighted by atomic mass is 16.3. The van der Waals surface area contributed by atoms with Gasteiger partial charge in [0.1, 0.15) is 5.75 Å². The summed E-state index contributed by atoms with van der Waals surface area (Å²) in [6, 6.07) is 4.08. The molecule has 104 valence electrons. The van der Waals surface area contributed by atoms with Crippen molar-refractivity contribution in [2.75, 3.05) is 0 Å². The predicted octanol–water partition coefficient (Wildman–Crippen LogP) is 2.08. The van der Waals surface area contributed by atoms with Gasteiger partial charge in [-0.1, -0.05) is 6.07 Å². The first-order valence-corrected chi connectivity index (χ1v) is 6.97. The average Bonchev–Trinajstić information content (AvgIpc) is 2.36. The number of phenolic OH excluding ortho intramolecular Hbond substituents is 1. The molecule has 0 heterocycles. The quantitative estimate of drug-likeness (QED) is 0.576. The molecule has 2 rings (SSSR count). The molecule has 0 saturated heterocycles. The van der Waals surface area contributed by atoms with Crippen LogP contribution in [0.25, 0.3) is 0 Å². The standard InChI is InChI=1S/C15H23N3O/c1-10(2)18-15(16)17-9-13-12-6-4-3-5-11(12)7-8-14(13)19/h7-8,10,19H,3-6,9H2,1-2H3,(H3,16,17,18). The molecule has 0 fully saturated rings. The summed E-state index contributed by atoms with van der Waals surface area (Å²) in [6.45, 7) is 4.48. The molecule has 0 spiro atoms. The number of benzene rings is 1. The van der Waals surface area contributed by atoms with Gasteiger partial charge in [-0.25, -0.2) is 4.99 Å². The number of hydrogen-bond acceptors (Lipinski definition) is 2. The third-order valence-corrected chi connectivity index (χ3v) is 3.47. The fourth-order valence-electron chi connectivity index (χ4n) is 2.57. The molecule has 0 saturated carbocycles. The third-order valence-electron chi connectivity index (χ3n) is 3.47. The second-order valence-corrected chi connectivity index (χ2v) is 5.41. The summed E-state index contributed by atoms with van der Waals surface area (Å²) in [5.74, 6) is 0.768. The Morgan fingerprint density at radius 2 is 2.11 bits per heavy atom. The first-order valence-electron chi connectivity index (χ1n) is 6.97. The SMILES string of the molecule is CC(C)NC(N)=NCc1c(O)ccc2c1CCCC2. The maximum Gasteiger partial charge on any atom is 0.189 e. The van der Waals surface area contributed by atoms with Crippen LogP contribution >= 0.6 is 0 Å². The number of nitrogens with two attached hydrogens (primary N) is 1. The molecule has 0 bridgehead atoms. The van der Waals surface area contributed by atoms with Gasteiger partial charge in [-0.3, -0.25) is 0 Å². The van der Waals surface area contributed by atoms with Crippen molar-refractivity contribution in [3.8, 4) is 5.75 Å². The van der Waals surface area contributed by atoms with Crippen LogP contribution in [0.5, 0.6) is 5.75 Å². The third kappa shape index (κ3) is 3.40. The largest absolute Gasteiger partial charge is 0.508 e. The number of hydrogen-bond donors (Lipinski definition) is 3. The Kier molecular flexibility index (Phi) is 4.30. The van der Waals surface area contributed by atoms with E-state index in [1.54, 1.807) is 6.07 Å². The molecule has 0 aliphatic heterocycles. The van der Waals surface area contributed by atoms with Crippen LogP contribution in [-0.2, 0) is 19.4 Å². The number of aryl methyl sites for hydroxylation is 1. The number of aromatic hydroxyl groups is 1. The zero-order valence-corrected chi connectivity index (χ0v) is 11.7. The van der Waals surface area contributed by atoms with Gasteiger partial charge in [0, 0.05) is 11.6 Å². The molecule has 19 heavy (non-hydrogen) atoms. The van der Waals surface area contributed by atoms with Crippen molar-refractivity contribution in [1.82, 2.24) is 5.32 Å². The van der Waals surface area contributed by atoms with Gasteiger partial charge in [0.25, 0.3) is 0 Å². The highest BCUT2D eigenvalue weighted by Gasteiger charge is 2.16. The summed E-state index contributed by atoms with van der Waals surface area (Å²) in [7, 11) is 0. The number of nitrogens with one attached hydrogen (secondary N) is 1. The van der Waals surface area contributed by atoms with Crippen molar-refractivity contribution in [3.63, 3.8) is 0 Å². The van der Waals surface area contributed by atoms with E-state index in [2.05, 4.69) is 10.3 Å². The number of fused-ring (bicyclic) bond motifs is 1. The Hall–Kier alpha value is -1.71. The van der Waals surface area contributed by atoms with Gasteiger partial charge in [-0.2, -0.15) is 0 Å². The summed E-state index contributed by atoms with van der Waals surface area (Å²) in [5, 5.41) is 13.1. The minimum atomic E-state index is 0.266. The number of phenols is 1. The van der Waals surface area contributed by atoms with Crippen LogP contribution in [0.1, 0.15) is 43.4 Å². The molecule has 1 aromatic carbocycles. The van der Waals surface area contributed by atoms with Crippen molar-refractivity contribution in [2.24, 2.45) is 10.7 Å². The highest BCUT2D eigenvalue weighted by Crippen LogP contribution is 2.30. The van der Waals surface area contributed by atoms with E-state index in [1.165, 1.54) is 24.0 Å². The Bertz CT molecular complexity index is 481. The number of guanidine groups is 1. The van der Waals surface area contributed by atoms with E-state index >= 15 is 0 Å². The number of rotatable bonds is 3. The molecule has 1 aromatic rings. The first kappa shape index (κ1) is 13.7. The van der Waals surface area contributed by atoms with E-state index in [1.807, 2.05) is 19.9 Å². The second-order valence-electron chi connectivity index (χ2n) is 5.41. The predicted molar refractivity (Wildman–Crippen MR) is 78.3 cm³/mol. The van der Waals surface area contributed by atoms with E-state index in [-0.39, 0.29) is 6.04 Å². The summed E-state index contributed by atoms with van der Waals surface area (Å²) in [4.78, 5) is 4.33. The lowest BCUT2D eigenvalue weighted by Crippen LogP contribution is -2.36. The van der Waals surface area contributed by atoms with Gasteiger partial charge in [0.15, 0.2) is 5.96 Å².